The van der Waals surface area contributed by atoms with Crippen LogP contribution in [0.1, 0.15) is 39.8 Å². The summed E-state index contributed by atoms with van der Waals surface area (Å²) in [6, 6.07) is 24.3. The first-order valence-corrected chi connectivity index (χ1v) is 12.4. The van der Waals surface area contributed by atoms with E-state index in [4.69, 9.17) is 14.9 Å². The van der Waals surface area contributed by atoms with Crippen molar-refractivity contribution in [2.45, 2.75) is 19.9 Å². The van der Waals surface area contributed by atoms with Gasteiger partial charge in [-0.25, -0.2) is 10.5 Å². The third-order valence-electron chi connectivity index (χ3n) is 6.53. The fourth-order valence-electron chi connectivity index (χ4n) is 4.67. The second kappa shape index (κ2) is 10.7. The number of fused-ring (bicyclic) bond motifs is 3. The van der Waals surface area contributed by atoms with E-state index in [9.17, 15) is 9.59 Å². The van der Waals surface area contributed by atoms with E-state index in [2.05, 4.69) is 4.98 Å². The molecular formula is C30H28N4O4. The topological polar surface area (TPSA) is 108 Å². The van der Waals surface area contributed by atoms with Gasteiger partial charge in [0.25, 0.3) is 11.8 Å². The van der Waals surface area contributed by atoms with Crippen LogP contribution >= 0.6 is 0 Å². The van der Waals surface area contributed by atoms with Gasteiger partial charge in [0, 0.05) is 40.5 Å². The van der Waals surface area contributed by atoms with Gasteiger partial charge in [-0.3, -0.25) is 14.8 Å². The lowest BCUT2D eigenvalue weighted by Gasteiger charge is -2.22. The molecule has 0 radical (unpaired) electrons. The molecule has 0 aliphatic carbocycles. The number of carbonyl (C=O) groups is 2. The third-order valence-corrected chi connectivity index (χ3v) is 6.53. The second-order valence-electron chi connectivity index (χ2n) is 9.05. The van der Waals surface area contributed by atoms with Gasteiger partial charge in [-0.1, -0.05) is 49.4 Å². The van der Waals surface area contributed by atoms with Crippen LogP contribution in [0.15, 0.2) is 78.9 Å². The number of aromatic amines is 1. The number of amides is 2. The van der Waals surface area contributed by atoms with E-state index in [-0.39, 0.29) is 5.91 Å². The Hall–Kier alpha value is -4.69. The highest BCUT2D eigenvalue weighted by molar-refractivity contribution is 6.13. The summed E-state index contributed by atoms with van der Waals surface area (Å²) in [7, 11) is 1.62. The fourth-order valence-corrected chi connectivity index (χ4v) is 4.67. The van der Waals surface area contributed by atoms with Gasteiger partial charge >= 0.3 is 0 Å². The van der Waals surface area contributed by atoms with Crippen molar-refractivity contribution in [1.29, 1.82) is 0 Å². The number of methoxy groups -OCH3 is 1. The van der Waals surface area contributed by atoms with Crippen molar-refractivity contribution in [2.24, 2.45) is 0 Å². The molecule has 0 saturated carbocycles. The predicted octanol–water partition coefficient (Wildman–Crippen LogP) is 5.56. The Morgan fingerprint density at radius 2 is 1.79 bits per heavy atom. The van der Waals surface area contributed by atoms with Crippen molar-refractivity contribution in [2.75, 3.05) is 13.7 Å². The zero-order chi connectivity index (χ0) is 26.6. The largest absolute Gasteiger partial charge is 0.497 e. The molecular weight excluding hydrogens is 480 g/mol. The first-order chi connectivity index (χ1) is 18.5. The molecule has 0 aliphatic heterocycles. The molecule has 2 heterocycles. The minimum Gasteiger partial charge on any atom is -0.497 e. The summed E-state index contributed by atoms with van der Waals surface area (Å²) in [6.07, 6.45) is 0.773. The molecule has 0 saturated heterocycles. The van der Waals surface area contributed by atoms with Gasteiger partial charge in [0.15, 0.2) is 0 Å². The molecule has 0 atom stereocenters. The van der Waals surface area contributed by atoms with Gasteiger partial charge in [-0.2, -0.15) is 0 Å². The Labute approximate surface area is 219 Å². The minimum atomic E-state index is -0.584. The molecule has 192 valence electrons. The number of benzene rings is 3. The van der Waals surface area contributed by atoms with E-state index in [0.717, 1.165) is 39.4 Å². The molecule has 38 heavy (non-hydrogen) atoms. The smallest absolute Gasteiger partial charge is 0.274 e. The summed E-state index contributed by atoms with van der Waals surface area (Å²) in [5, 5.41) is 10.8. The molecule has 5 rings (SSSR count). The van der Waals surface area contributed by atoms with Crippen LogP contribution in [0.4, 0.5) is 0 Å². The zero-order valence-electron chi connectivity index (χ0n) is 21.2. The summed E-state index contributed by atoms with van der Waals surface area (Å²) >= 11 is 0. The first-order valence-electron chi connectivity index (χ1n) is 12.4. The van der Waals surface area contributed by atoms with Crippen LogP contribution in [0.25, 0.3) is 33.1 Å². The summed E-state index contributed by atoms with van der Waals surface area (Å²) in [4.78, 5) is 35.7. The number of carbonyl (C=O) groups excluding carboxylic acids is 2. The Morgan fingerprint density at radius 3 is 2.53 bits per heavy atom. The molecule has 0 fully saturated rings. The molecule has 8 heteroatoms. The number of para-hydroxylation sites is 1. The van der Waals surface area contributed by atoms with Crippen LogP contribution in [0.2, 0.25) is 0 Å². The molecule has 0 unspecified atom stereocenters. The summed E-state index contributed by atoms with van der Waals surface area (Å²) in [6.45, 7) is 2.92. The quantitative estimate of drug-likeness (QED) is 0.188. The fraction of sp³-hybridized carbons (Fsp3) is 0.167. The lowest BCUT2D eigenvalue weighted by molar-refractivity contribution is 0.0704. The average Bonchev–Trinajstić information content (AvgIpc) is 3.34. The Bertz CT molecular complexity index is 1630. The highest BCUT2D eigenvalue weighted by Crippen LogP contribution is 2.34. The standard InChI is InChI=1S/C30H28N4O4/c1-3-15-34(18-19-11-13-20(14-12-19)29(35)33-37)30(36)26-17-24-23-9-4-5-10-25(23)31-28(24)27(32-26)21-7-6-8-22(16-21)38-2/h4-14,16-17,31,37H,3,15,18H2,1-2H3,(H,33,35). The first kappa shape index (κ1) is 25.0. The molecule has 8 nitrogen and oxygen atoms in total. The van der Waals surface area contributed by atoms with Crippen LogP contribution in [-0.2, 0) is 6.54 Å². The number of hydrogen-bond donors (Lipinski definition) is 3. The maximum absolute atomic E-state index is 13.9. The molecule has 0 spiro atoms. The van der Waals surface area contributed by atoms with Crippen molar-refractivity contribution >= 4 is 33.6 Å². The average molecular weight is 509 g/mol. The van der Waals surface area contributed by atoms with E-state index in [1.165, 1.54) is 0 Å². The predicted molar refractivity (Wildman–Crippen MR) is 146 cm³/mol. The number of ether oxygens (including phenoxy) is 1. The third kappa shape index (κ3) is 4.81. The minimum absolute atomic E-state index is 0.180. The van der Waals surface area contributed by atoms with E-state index in [1.807, 2.05) is 61.5 Å². The van der Waals surface area contributed by atoms with E-state index >= 15 is 0 Å². The van der Waals surface area contributed by atoms with Crippen LogP contribution in [0.3, 0.4) is 0 Å². The SMILES string of the molecule is CCCN(Cc1ccc(C(=O)NO)cc1)C(=O)c1cc2c([nH]c3ccccc32)c(-c2cccc(OC)c2)n1. The molecule has 3 N–H and O–H groups in total. The van der Waals surface area contributed by atoms with Gasteiger partial charge in [0.1, 0.15) is 11.4 Å². The maximum atomic E-state index is 13.9. The van der Waals surface area contributed by atoms with Gasteiger partial charge < -0.3 is 14.6 Å². The molecule has 2 aromatic heterocycles. The van der Waals surface area contributed by atoms with Crippen LogP contribution in [0, 0.1) is 0 Å². The lowest BCUT2D eigenvalue weighted by Crippen LogP contribution is -2.32. The number of nitrogens with one attached hydrogen (secondary N) is 2. The molecule has 2 amide bonds. The number of nitrogens with zero attached hydrogens (tertiary/aromatic N) is 2. The Kier molecular flexibility index (Phi) is 7.06. The highest BCUT2D eigenvalue weighted by atomic mass is 16.5. The number of hydroxylamine groups is 1. The van der Waals surface area contributed by atoms with Gasteiger partial charge in [0.2, 0.25) is 0 Å². The van der Waals surface area contributed by atoms with Gasteiger partial charge in [-0.05, 0) is 48.4 Å². The number of H-pyrrole nitrogens is 1. The van der Waals surface area contributed by atoms with Crippen molar-refractivity contribution in [3.05, 3.63) is 95.7 Å². The monoisotopic (exact) mass is 508 g/mol. The maximum Gasteiger partial charge on any atom is 0.274 e. The van der Waals surface area contributed by atoms with Gasteiger partial charge in [0.05, 0.1) is 18.3 Å². The summed E-state index contributed by atoms with van der Waals surface area (Å²) in [5.41, 5.74) is 6.52. The van der Waals surface area contributed by atoms with Crippen molar-refractivity contribution in [3.8, 4) is 17.0 Å². The van der Waals surface area contributed by atoms with Crippen LogP contribution < -0.4 is 10.2 Å². The Morgan fingerprint density at radius 1 is 1.00 bits per heavy atom. The van der Waals surface area contributed by atoms with E-state index < -0.39 is 5.91 Å². The van der Waals surface area contributed by atoms with Crippen LogP contribution in [0.5, 0.6) is 5.75 Å². The normalized spacial score (nSPS) is 11.0. The van der Waals surface area contributed by atoms with E-state index in [0.29, 0.717) is 35.8 Å². The lowest BCUT2D eigenvalue weighted by atomic mass is 10.1. The highest BCUT2D eigenvalue weighted by Gasteiger charge is 2.22. The number of hydrogen-bond acceptors (Lipinski definition) is 5. The molecule has 3 aromatic carbocycles. The molecule has 0 aliphatic rings. The van der Waals surface area contributed by atoms with Gasteiger partial charge in [-0.15, -0.1) is 0 Å². The van der Waals surface area contributed by atoms with Crippen LogP contribution in [-0.4, -0.2) is 45.5 Å². The van der Waals surface area contributed by atoms with Crippen molar-refractivity contribution in [1.82, 2.24) is 20.3 Å². The number of aromatic nitrogens is 2. The van der Waals surface area contributed by atoms with E-state index in [1.54, 1.807) is 41.8 Å². The number of rotatable bonds is 8. The summed E-state index contributed by atoms with van der Waals surface area (Å²) < 4.78 is 5.44. The van der Waals surface area contributed by atoms with Crippen molar-refractivity contribution < 1.29 is 19.5 Å². The Balaban J connectivity index is 1.58. The second-order valence-corrected chi connectivity index (χ2v) is 9.05. The number of pyridine rings is 1. The zero-order valence-corrected chi connectivity index (χ0v) is 21.2. The summed E-state index contributed by atoms with van der Waals surface area (Å²) in [5.74, 6) is -0.0593. The molecule has 0 bridgehead atoms. The molecule has 5 aromatic rings. The van der Waals surface area contributed by atoms with Crippen molar-refractivity contribution in [3.63, 3.8) is 0 Å².